The summed E-state index contributed by atoms with van der Waals surface area (Å²) >= 11 is 0. The highest BCUT2D eigenvalue weighted by molar-refractivity contribution is 6.12. The van der Waals surface area contributed by atoms with E-state index in [1.54, 1.807) is 4.90 Å². The number of carbonyl (C=O) groups excluding carboxylic acids is 1. The number of amides is 1. The average molecular weight is 402 g/mol. The molecule has 6 rings (SSSR count). The zero-order valence-corrected chi connectivity index (χ0v) is 16.8. The molecule has 1 unspecified atom stereocenters. The fraction of sp³-hybridized carbons (Fsp3) is 0.333. The molecule has 6 nitrogen and oxygen atoms in total. The van der Waals surface area contributed by atoms with Crippen LogP contribution in [0.2, 0.25) is 0 Å². The lowest BCUT2D eigenvalue weighted by Gasteiger charge is -2.23. The molecule has 0 aromatic heterocycles. The van der Waals surface area contributed by atoms with Crippen LogP contribution in [0, 0.1) is 5.92 Å². The minimum Gasteiger partial charge on any atom is -0.491 e. The summed E-state index contributed by atoms with van der Waals surface area (Å²) in [6.45, 7) is 6.98. The van der Waals surface area contributed by atoms with Crippen molar-refractivity contribution in [3.8, 4) is 17.2 Å². The molecule has 2 aromatic carbocycles. The Kier molecular flexibility index (Phi) is 3.58. The fourth-order valence-electron chi connectivity index (χ4n) is 4.78. The van der Waals surface area contributed by atoms with E-state index in [-0.39, 0.29) is 19.3 Å². The van der Waals surface area contributed by atoms with E-state index in [2.05, 4.69) is 11.6 Å². The third-order valence-electron chi connectivity index (χ3n) is 6.49. The largest absolute Gasteiger partial charge is 0.491 e. The molecule has 3 heterocycles. The maximum atomic E-state index is 13.9. The first-order chi connectivity index (χ1) is 14.6. The molecule has 1 saturated carbocycles. The van der Waals surface area contributed by atoms with Crippen molar-refractivity contribution in [3.05, 3.63) is 59.8 Å². The highest BCUT2D eigenvalue weighted by Gasteiger charge is 2.57. The van der Waals surface area contributed by atoms with Crippen molar-refractivity contribution in [3.63, 3.8) is 0 Å². The normalized spacial score (nSPS) is 23.6. The van der Waals surface area contributed by atoms with E-state index in [1.807, 2.05) is 43.3 Å². The molecular formula is C24H22N2O4. The molecule has 0 N–H and O–H groups in total. The predicted octanol–water partition coefficient (Wildman–Crippen LogP) is 3.83. The Morgan fingerprint density at radius 1 is 1.13 bits per heavy atom. The highest BCUT2D eigenvalue weighted by Crippen LogP contribution is 2.55. The van der Waals surface area contributed by atoms with Gasteiger partial charge in [0.05, 0.1) is 12.2 Å². The molecule has 4 aliphatic rings. The number of anilines is 1. The number of nitrogens with zero attached hydrogens (tertiary/aromatic N) is 2. The summed E-state index contributed by atoms with van der Waals surface area (Å²) < 4.78 is 17.1. The Bertz CT molecular complexity index is 1130. The van der Waals surface area contributed by atoms with Crippen molar-refractivity contribution in [2.75, 3.05) is 24.8 Å². The van der Waals surface area contributed by atoms with Crippen molar-refractivity contribution in [2.45, 2.75) is 25.2 Å². The van der Waals surface area contributed by atoms with Gasteiger partial charge in [-0.05, 0) is 43.4 Å². The summed E-state index contributed by atoms with van der Waals surface area (Å²) in [5.74, 6) is 2.54. The zero-order chi connectivity index (χ0) is 20.5. The van der Waals surface area contributed by atoms with Crippen LogP contribution in [-0.2, 0) is 10.2 Å². The Hall–Kier alpha value is -3.28. The quantitative estimate of drug-likeness (QED) is 0.730. The molecule has 0 radical (unpaired) electrons. The van der Waals surface area contributed by atoms with Crippen LogP contribution in [0.4, 0.5) is 5.69 Å². The second-order valence-corrected chi connectivity index (χ2v) is 8.40. The van der Waals surface area contributed by atoms with Crippen molar-refractivity contribution >= 4 is 17.3 Å². The van der Waals surface area contributed by atoms with Crippen LogP contribution in [0.15, 0.2) is 53.7 Å². The van der Waals surface area contributed by atoms with Gasteiger partial charge in [0.1, 0.15) is 17.8 Å². The standard InChI is InChI=1S/C24H22N2O4/c1-14(25-15(2)16-7-8-16)11-26-19-6-4-3-5-17(19)24(23(26)27)12-28-20-10-22-21(9-18(20)24)29-13-30-22/h3-6,9-10,16H,1,7-8,11-13H2,2H3. The maximum absolute atomic E-state index is 13.9. The van der Waals surface area contributed by atoms with Crippen LogP contribution < -0.4 is 19.1 Å². The molecule has 152 valence electrons. The summed E-state index contributed by atoms with van der Waals surface area (Å²) in [5, 5.41) is 0. The summed E-state index contributed by atoms with van der Waals surface area (Å²) in [7, 11) is 0. The van der Waals surface area contributed by atoms with E-state index in [4.69, 9.17) is 14.2 Å². The molecular weight excluding hydrogens is 380 g/mol. The van der Waals surface area contributed by atoms with E-state index in [1.165, 1.54) is 12.8 Å². The van der Waals surface area contributed by atoms with Crippen LogP contribution >= 0.6 is 0 Å². The predicted molar refractivity (Wildman–Crippen MR) is 113 cm³/mol. The molecule has 1 spiro atoms. The number of aliphatic imine (C=N–C) groups is 1. The van der Waals surface area contributed by atoms with E-state index in [9.17, 15) is 4.79 Å². The number of benzene rings is 2. The second kappa shape index (κ2) is 6.11. The first-order valence-electron chi connectivity index (χ1n) is 10.3. The van der Waals surface area contributed by atoms with Gasteiger partial charge in [-0.25, -0.2) is 0 Å². The monoisotopic (exact) mass is 402 g/mol. The van der Waals surface area contributed by atoms with Crippen LogP contribution in [0.3, 0.4) is 0 Å². The first-order valence-corrected chi connectivity index (χ1v) is 10.3. The second-order valence-electron chi connectivity index (χ2n) is 8.40. The number of para-hydroxylation sites is 1. The lowest BCUT2D eigenvalue weighted by atomic mass is 9.77. The third kappa shape index (κ3) is 2.36. The number of hydrogen-bond acceptors (Lipinski definition) is 5. The molecule has 0 saturated heterocycles. The van der Waals surface area contributed by atoms with Crippen LogP contribution in [0.5, 0.6) is 17.2 Å². The molecule has 1 fully saturated rings. The van der Waals surface area contributed by atoms with Crippen molar-refractivity contribution in [1.82, 2.24) is 0 Å². The van der Waals surface area contributed by atoms with Gasteiger partial charge < -0.3 is 19.1 Å². The van der Waals surface area contributed by atoms with Gasteiger partial charge in [-0.2, -0.15) is 0 Å². The molecule has 1 atom stereocenters. The van der Waals surface area contributed by atoms with Gasteiger partial charge in [0.25, 0.3) is 0 Å². The van der Waals surface area contributed by atoms with E-state index < -0.39 is 5.41 Å². The summed E-state index contributed by atoms with van der Waals surface area (Å²) in [6.07, 6.45) is 2.39. The first kappa shape index (κ1) is 17.6. The maximum Gasteiger partial charge on any atom is 0.246 e. The number of fused-ring (bicyclic) bond motifs is 5. The van der Waals surface area contributed by atoms with Gasteiger partial charge in [-0.1, -0.05) is 24.8 Å². The molecule has 1 amide bonds. The molecule has 2 aromatic rings. The fourth-order valence-corrected chi connectivity index (χ4v) is 4.78. The van der Waals surface area contributed by atoms with E-state index in [0.717, 1.165) is 22.5 Å². The average Bonchev–Trinajstić information content (AvgIpc) is 3.33. The number of rotatable bonds is 4. The highest BCUT2D eigenvalue weighted by atomic mass is 16.7. The summed E-state index contributed by atoms with van der Waals surface area (Å²) in [5.41, 5.74) is 3.58. The van der Waals surface area contributed by atoms with Crippen LogP contribution in [0.1, 0.15) is 30.9 Å². The van der Waals surface area contributed by atoms with E-state index >= 15 is 0 Å². The van der Waals surface area contributed by atoms with E-state index in [0.29, 0.717) is 35.4 Å². The molecule has 30 heavy (non-hydrogen) atoms. The summed E-state index contributed by atoms with van der Waals surface area (Å²) in [4.78, 5) is 20.4. The summed E-state index contributed by atoms with van der Waals surface area (Å²) in [6, 6.07) is 11.6. The SMILES string of the molecule is C=C(CN1C(=O)C2(COc3cc4c(cc32)OCO4)c2ccccc21)N=C(C)C1CC1. The number of ether oxygens (including phenoxy) is 3. The Morgan fingerprint density at radius 2 is 1.90 bits per heavy atom. The minimum atomic E-state index is -0.886. The number of carbonyl (C=O) groups is 1. The Labute approximate surface area is 174 Å². The lowest BCUT2D eigenvalue weighted by Crippen LogP contribution is -2.43. The number of hydrogen-bond donors (Lipinski definition) is 0. The topological polar surface area (TPSA) is 60.4 Å². The lowest BCUT2D eigenvalue weighted by molar-refractivity contribution is -0.122. The smallest absolute Gasteiger partial charge is 0.246 e. The molecule has 3 aliphatic heterocycles. The molecule has 1 aliphatic carbocycles. The van der Waals surface area contributed by atoms with Gasteiger partial charge in [-0.15, -0.1) is 0 Å². The Morgan fingerprint density at radius 3 is 2.70 bits per heavy atom. The van der Waals surface area contributed by atoms with Crippen molar-refractivity contribution < 1.29 is 19.0 Å². The van der Waals surface area contributed by atoms with Crippen molar-refractivity contribution in [2.24, 2.45) is 10.9 Å². The van der Waals surface area contributed by atoms with Crippen molar-refractivity contribution in [1.29, 1.82) is 0 Å². The third-order valence-corrected chi connectivity index (χ3v) is 6.49. The Balaban J connectivity index is 1.42. The van der Waals surface area contributed by atoms with Gasteiger partial charge in [0.2, 0.25) is 12.7 Å². The minimum absolute atomic E-state index is 0.0123. The van der Waals surface area contributed by atoms with Crippen LogP contribution in [0.25, 0.3) is 0 Å². The molecule has 0 bridgehead atoms. The molecule has 6 heteroatoms. The van der Waals surface area contributed by atoms with Gasteiger partial charge in [0, 0.05) is 23.0 Å². The van der Waals surface area contributed by atoms with Crippen LogP contribution in [-0.4, -0.2) is 31.6 Å². The van der Waals surface area contributed by atoms with Gasteiger partial charge in [0.15, 0.2) is 11.5 Å². The zero-order valence-electron chi connectivity index (χ0n) is 16.8. The van der Waals surface area contributed by atoms with Gasteiger partial charge in [-0.3, -0.25) is 9.79 Å². The van der Waals surface area contributed by atoms with Gasteiger partial charge >= 0.3 is 0 Å².